The number of hydrogen-bond acceptors (Lipinski definition) is 2. The molecular weight excluding hydrogens is 180 g/mol. The molecule has 1 aromatic rings. The van der Waals surface area contributed by atoms with Gasteiger partial charge in [-0.15, -0.1) is 0 Å². The van der Waals surface area contributed by atoms with E-state index < -0.39 is 5.97 Å². The van der Waals surface area contributed by atoms with Gasteiger partial charge >= 0.3 is 5.97 Å². The predicted octanol–water partition coefficient (Wildman–Crippen LogP) is 1.53. The highest BCUT2D eigenvalue weighted by atomic mass is 35.5. The van der Waals surface area contributed by atoms with Crippen LogP contribution in [-0.2, 0) is 6.61 Å². The molecule has 2 N–H and O–H groups in total. The van der Waals surface area contributed by atoms with Gasteiger partial charge in [-0.3, -0.25) is 0 Å². The minimum absolute atomic E-state index is 0.0463. The number of aromatic carboxylic acids is 1. The number of aliphatic hydroxyl groups is 1. The summed E-state index contributed by atoms with van der Waals surface area (Å²) < 4.78 is 0. The van der Waals surface area contributed by atoms with Gasteiger partial charge < -0.3 is 10.2 Å². The first kappa shape index (κ1) is 9.03. The van der Waals surface area contributed by atoms with Crippen LogP contribution in [-0.4, -0.2) is 16.2 Å². The van der Waals surface area contributed by atoms with Crippen molar-refractivity contribution in [2.24, 2.45) is 0 Å². The zero-order valence-corrected chi connectivity index (χ0v) is 6.88. The Hall–Kier alpha value is -1.06. The van der Waals surface area contributed by atoms with Crippen LogP contribution in [0.3, 0.4) is 0 Å². The lowest BCUT2D eigenvalue weighted by Gasteiger charge is -2.01. The maximum atomic E-state index is 10.6. The summed E-state index contributed by atoms with van der Waals surface area (Å²) >= 11 is 5.57. The summed E-state index contributed by atoms with van der Waals surface area (Å²) in [7, 11) is 0. The molecule has 0 fully saturated rings. The van der Waals surface area contributed by atoms with Gasteiger partial charge in [-0.25, -0.2) is 4.79 Å². The molecule has 1 rings (SSSR count). The normalized spacial score (nSPS) is 9.83. The molecule has 0 atom stereocenters. The van der Waals surface area contributed by atoms with Gasteiger partial charge in [0, 0.05) is 5.02 Å². The zero-order valence-electron chi connectivity index (χ0n) is 6.12. The number of aliphatic hydroxyl groups excluding tert-OH is 1. The third-order valence-electron chi connectivity index (χ3n) is 1.47. The number of halogens is 1. The molecule has 1 aromatic carbocycles. The minimum Gasteiger partial charge on any atom is -0.478 e. The van der Waals surface area contributed by atoms with Gasteiger partial charge in [-0.2, -0.15) is 0 Å². The van der Waals surface area contributed by atoms with E-state index in [1.54, 1.807) is 6.07 Å². The number of carboxylic acid groups (broad SMARTS) is 1. The molecule has 0 radical (unpaired) electrons. The van der Waals surface area contributed by atoms with Gasteiger partial charge in [0.05, 0.1) is 12.2 Å². The Bertz CT molecular complexity index is 309. The Morgan fingerprint density at radius 3 is 2.67 bits per heavy atom. The van der Waals surface area contributed by atoms with Crippen LogP contribution in [0.4, 0.5) is 0 Å². The highest BCUT2D eigenvalue weighted by Crippen LogP contribution is 2.15. The van der Waals surface area contributed by atoms with Crippen molar-refractivity contribution < 1.29 is 15.0 Å². The zero-order chi connectivity index (χ0) is 9.14. The first-order chi connectivity index (χ1) is 5.65. The fourth-order valence-corrected chi connectivity index (χ4v) is 1.06. The number of carboxylic acids is 1. The van der Waals surface area contributed by atoms with Crippen molar-refractivity contribution in [2.75, 3.05) is 0 Å². The quantitative estimate of drug-likeness (QED) is 0.737. The fraction of sp³-hybridized carbons (Fsp3) is 0.125. The maximum Gasteiger partial charge on any atom is 0.336 e. The number of benzene rings is 1. The monoisotopic (exact) mass is 186 g/mol. The van der Waals surface area contributed by atoms with Gasteiger partial charge in [-0.05, 0) is 17.7 Å². The number of carbonyl (C=O) groups is 1. The average Bonchev–Trinajstić information content (AvgIpc) is 2.04. The molecule has 0 saturated heterocycles. The molecule has 64 valence electrons. The van der Waals surface area contributed by atoms with Crippen LogP contribution in [0.5, 0.6) is 0 Å². The smallest absolute Gasteiger partial charge is 0.336 e. The summed E-state index contributed by atoms with van der Waals surface area (Å²) in [5.41, 5.74) is 0.414. The van der Waals surface area contributed by atoms with Crippen molar-refractivity contribution >= 4 is 17.6 Å². The van der Waals surface area contributed by atoms with Crippen molar-refractivity contribution in [1.82, 2.24) is 0 Å². The summed E-state index contributed by atoms with van der Waals surface area (Å²) in [6.07, 6.45) is 0. The Balaban J connectivity index is 3.21. The average molecular weight is 187 g/mol. The summed E-state index contributed by atoms with van der Waals surface area (Å²) in [5.74, 6) is -1.08. The van der Waals surface area contributed by atoms with Gasteiger partial charge in [0.1, 0.15) is 0 Å². The number of rotatable bonds is 2. The largest absolute Gasteiger partial charge is 0.478 e. The lowest BCUT2D eigenvalue weighted by Crippen LogP contribution is -2.01. The van der Waals surface area contributed by atoms with E-state index in [0.717, 1.165) is 0 Å². The van der Waals surface area contributed by atoms with Gasteiger partial charge in [0.15, 0.2) is 0 Å². The summed E-state index contributed by atoms with van der Waals surface area (Å²) in [6, 6.07) is 4.35. The predicted molar refractivity (Wildman–Crippen MR) is 44.3 cm³/mol. The molecule has 0 unspecified atom stereocenters. The lowest BCUT2D eigenvalue weighted by atomic mass is 10.1. The molecule has 0 aliphatic rings. The van der Waals surface area contributed by atoms with E-state index in [2.05, 4.69) is 0 Å². The van der Waals surface area contributed by atoms with Crippen LogP contribution in [0.25, 0.3) is 0 Å². The highest BCUT2D eigenvalue weighted by molar-refractivity contribution is 6.30. The second kappa shape index (κ2) is 3.56. The van der Waals surface area contributed by atoms with Crippen molar-refractivity contribution in [3.8, 4) is 0 Å². The van der Waals surface area contributed by atoms with E-state index in [0.29, 0.717) is 10.6 Å². The lowest BCUT2D eigenvalue weighted by molar-refractivity contribution is 0.0693. The Labute approximate surface area is 74.2 Å². The molecule has 0 aromatic heterocycles. The molecule has 0 amide bonds. The maximum absolute atomic E-state index is 10.6. The van der Waals surface area contributed by atoms with E-state index in [4.69, 9.17) is 21.8 Å². The molecular formula is C8H7ClO3. The van der Waals surface area contributed by atoms with E-state index in [9.17, 15) is 4.79 Å². The van der Waals surface area contributed by atoms with E-state index in [-0.39, 0.29) is 12.2 Å². The molecule has 3 nitrogen and oxygen atoms in total. The van der Waals surface area contributed by atoms with E-state index in [1.165, 1.54) is 12.1 Å². The SMILES string of the molecule is O=C(O)c1cc(Cl)ccc1CO. The Kier molecular flexibility index (Phi) is 2.68. The number of hydrogen-bond donors (Lipinski definition) is 2. The molecule has 0 aliphatic heterocycles. The molecule has 0 saturated carbocycles. The van der Waals surface area contributed by atoms with Gasteiger partial charge in [0.2, 0.25) is 0 Å². The minimum atomic E-state index is -1.08. The highest BCUT2D eigenvalue weighted by Gasteiger charge is 2.08. The standard InChI is InChI=1S/C8H7ClO3/c9-6-2-1-5(4-10)7(3-6)8(11)12/h1-3,10H,4H2,(H,11,12). The Morgan fingerprint density at radius 2 is 2.17 bits per heavy atom. The van der Waals surface area contributed by atoms with Crippen LogP contribution in [0.2, 0.25) is 5.02 Å². The molecule has 0 spiro atoms. The summed E-state index contributed by atoms with van der Waals surface area (Å²) in [6.45, 7) is -0.293. The van der Waals surface area contributed by atoms with E-state index >= 15 is 0 Å². The van der Waals surface area contributed by atoms with Crippen molar-refractivity contribution in [3.05, 3.63) is 34.3 Å². The molecule has 12 heavy (non-hydrogen) atoms. The van der Waals surface area contributed by atoms with E-state index in [1.807, 2.05) is 0 Å². The van der Waals surface area contributed by atoms with Crippen molar-refractivity contribution in [3.63, 3.8) is 0 Å². The molecule has 4 heteroatoms. The summed E-state index contributed by atoms with van der Waals surface area (Å²) in [4.78, 5) is 10.6. The van der Waals surface area contributed by atoms with Crippen LogP contribution in [0, 0.1) is 0 Å². The van der Waals surface area contributed by atoms with Gasteiger partial charge in [0.25, 0.3) is 0 Å². The molecule has 0 heterocycles. The van der Waals surface area contributed by atoms with Crippen LogP contribution < -0.4 is 0 Å². The van der Waals surface area contributed by atoms with Crippen molar-refractivity contribution in [1.29, 1.82) is 0 Å². The summed E-state index contributed by atoms with van der Waals surface area (Å²) in [5, 5.41) is 17.8. The first-order valence-corrected chi connectivity index (χ1v) is 3.65. The van der Waals surface area contributed by atoms with Crippen molar-refractivity contribution in [2.45, 2.75) is 6.61 Å². The second-order valence-electron chi connectivity index (χ2n) is 2.26. The topological polar surface area (TPSA) is 57.5 Å². The van der Waals surface area contributed by atoms with Gasteiger partial charge in [-0.1, -0.05) is 17.7 Å². The third-order valence-corrected chi connectivity index (χ3v) is 1.71. The molecule has 0 aliphatic carbocycles. The second-order valence-corrected chi connectivity index (χ2v) is 2.70. The first-order valence-electron chi connectivity index (χ1n) is 3.27. The fourth-order valence-electron chi connectivity index (χ4n) is 0.886. The molecule has 0 bridgehead atoms. The van der Waals surface area contributed by atoms with Crippen LogP contribution in [0.15, 0.2) is 18.2 Å². The van der Waals surface area contributed by atoms with Crippen LogP contribution >= 0.6 is 11.6 Å². The third kappa shape index (κ3) is 1.75. The van der Waals surface area contributed by atoms with Crippen LogP contribution in [0.1, 0.15) is 15.9 Å². The Morgan fingerprint density at radius 1 is 1.50 bits per heavy atom.